The number of fused-ring (bicyclic) bond motifs is 2. The number of nitro benzene ring substituents is 1. The monoisotopic (exact) mass is 610 g/mol. The molecule has 0 aliphatic heterocycles. The topological polar surface area (TPSA) is 176 Å². The highest BCUT2D eigenvalue weighted by atomic mass is 32.2. The number of sulfone groups is 1. The zero-order valence-corrected chi connectivity index (χ0v) is 24.1. The first-order valence-electron chi connectivity index (χ1n) is 12.1. The normalized spacial score (nSPS) is 13.7. The Morgan fingerprint density at radius 3 is 2.60 bits per heavy atom. The zero-order chi connectivity index (χ0) is 29.0. The molecule has 1 aliphatic carbocycles. The van der Waals surface area contributed by atoms with Gasteiger partial charge in [-0.05, 0) is 37.3 Å². The van der Waals surface area contributed by atoms with E-state index in [9.17, 15) is 32.9 Å². The molecule has 3 aromatic rings. The van der Waals surface area contributed by atoms with Crippen LogP contribution in [0, 0.1) is 10.1 Å². The second kappa shape index (κ2) is 12.4. The molecule has 0 fully saturated rings. The molecule has 0 radical (unpaired) electrons. The van der Waals surface area contributed by atoms with E-state index in [0.717, 1.165) is 41.0 Å². The predicted octanol–water partition coefficient (Wildman–Crippen LogP) is 2.47. The van der Waals surface area contributed by atoms with Gasteiger partial charge in [0.05, 0.1) is 34.4 Å². The van der Waals surface area contributed by atoms with Gasteiger partial charge < -0.3 is 19.4 Å². The van der Waals surface area contributed by atoms with Gasteiger partial charge >= 0.3 is 5.97 Å². The summed E-state index contributed by atoms with van der Waals surface area (Å²) in [4.78, 5) is 53.4. The molecule has 0 spiro atoms. The van der Waals surface area contributed by atoms with Crippen LogP contribution in [0.15, 0.2) is 23.2 Å². The van der Waals surface area contributed by atoms with E-state index in [2.05, 4.69) is 10.3 Å². The summed E-state index contributed by atoms with van der Waals surface area (Å²) < 4.78 is 37.5. The molecule has 0 atom stereocenters. The molecule has 2 heterocycles. The van der Waals surface area contributed by atoms with Gasteiger partial charge in [-0.2, -0.15) is 4.99 Å². The third kappa shape index (κ3) is 6.63. The molecule has 2 amide bonds. The molecule has 13 nitrogen and oxygen atoms in total. The number of methoxy groups -OCH3 is 2. The number of anilines is 1. The predicted molar refractivity (Wildman–Crippen MR) is 148 cm³/mol. The van der Waals surface area contributed by atoms with Gasteiger partial charge in [0.25, 0.3) is 11.6 Å². The molecular weight excluding hydrogens is 584 g/mol. The number of thiophene rings is 1. The number of aryl methyl sites for hydroxylation is 1. The van der Waals surface area contributed by atoms with Crippen LogP contribution in [0.5, 0.6) is 0 Å². The van der Waals surface area contributed by atoms with Crippen molar-refractivity contribution in [3.63, 3.8) is 0 Å². The number of rotatable bonds is 10. The molecule has 0 bridgehead atoms. The number of hydrogen-bond donors (Lipinski definition) is 1. The molecular formula is C24H26N4O9S3. The van der Waals surface area contributed by atoms with Crippen LogP contribution in [-0.4, -0.2) is 68.0 Å². The minimum absolute atomic E-state index is 0.138. The summed E-state index contributed by atoms with van der Waals surface area (Å²) in [6.07, 6.45) is 3.26. The van der Waals surface area contributed by atoms with E-state index in [0.29, 0.717) is 16.6 Å². The van der Waals surface area contributed by atoms with Gasteiger partial charge in [-0.3, -0.25) is 19.7 Å². The highest BCUT2D eigenvalue weighted by molar-refractivity contribution is 7.92. The average Bonchev–Trinajstić information content (AvgIpc) is 3.42. The Kier molecular flexibility index (Phi) is 9.12. The van der Waals surface area contributed by atoms with E-state index in [-0.39, 0.29) is 34.2 Å². The van der Waals surface area contributed by atoms with Crippen molar-refractivity contribution in [3.8, 4) is 0 Å². The van der Waals surface area contributed by atoms with Gasteiger partial charge in [-0.1, -0.05) is 11.3 Å². The van der Waals surface area contributed by atoms with Crippen molar-refractivity contribution in [2.24, 2.45) is 4.99 Å². The lowest BCUT2D eigenvalue weighted by molar-refractivity contribution is -0.384. The third-order valence-electron chi connectivity index (χ3n) is 6.12. The lowest BCUT2D eigenvalue weighted by atomic mass is 9.95. The van der Waals surface area contributed by atoms with Crippen molar-refractivity contribution in [1.82, 2.24) is 4.57 Å². The molecule has 16 heteroatoms. The van der Waals surface area contributed by atoms with Crippen molar-refractivity contribution in [1.29, 1.82) is 0 Å². The second-order valence-electron chi connectivity index (χ2n) is 8.93. The number of benzene rings is 1. The smallest absolute Gasteiger partial charge is 0.341 e. The molecule has 214 valence electrons. The first-order valence-corrected chi connectivity index (χ1v) is 15.6. The number of ether oxygens (including phenoxy) is 2. The summed E-state index contributed by atoms with van der Waals surface area (Å²) in [5.74, 6) is -4.51. The van der Waals surface area contributed by atoms with Crippen LogP contribution in [0.2, 0.25) is 0 Å². The molecule has 0 unspecified atom stereocenters. The fraction of sp³-hybridized carbons (Fsp3) is 0.417. The number of carbonyl (C=O) groups excluding carboxylic acids is 3. The van der Waals surface area contributed by atoms with Gasteiger partial charge in [0.1, 0.15) is 16.5 Å². The summed E-state index contributed by atoms with van der Waals surface area (Å²) >= 11 is 2.22. The van der Waals surface area contributed by atoms with Crippen molar-refractivity contribution in [2.75, 3.05) is 37.6 Å². The van der Waals surface area contributed by atoms with Gasteiger partial charge in [0, 0.05) is 30.7 Å². The van der Waals surface area contributed by atoms with E-state index in [4.69, 9.17) is 9.47 Å². The summed E-state index contributed by atoms with van der Waals surface area (Å²) in [5, 5.41) is 13.9. The highest BCUT2D eigenvalue weighted by Gasteiger charge is 2.28. The maximum absolute atomic E-state index is 12.7. The maximum atomic E-state index is 12.7. The molecule has 0 saturated carbocycles. The number of hydrogen-bond acceptors (Lipinski definition) is 11. The molecule has 1 aromatic carbocycles. The summed E-state index contributed by atoms with van der Waals surface area (Å²) in [6, 6.07) is 4.19. The van der Waals surface area contributed by atoms with Crippen LogP contribution < -0.4 is 10.1 Å². The Bertz CT molecular complexity index is 1670. The Balaban J connectivity index is 1.53. The van der Waals surface area contributed by atoms with Crippen molar-refractivity contribution >= 4 is 71.2 Å². The van der Waals surface area contributed by atoms with Crippen molar-refractivity contribution in [2.45, 2.75) is 32.2 Å². The Morgan fingerprint density at radius 2 is 1.90 bits per heavy atom. The van der Waals surface area contributed by atoms with Crippen LogP contribution >= 0.6 is 22.7 Å². The molecule has 1 N–H and O–H groups in total. The number of esters is 1. The molecule has 0 saturated heterocycles. The summed E-state index contributed by atoms with van der Waals surface area (Å²) in [6.45, 7) is 0.519. The van der Waals surface area contributed by atoms with Crippen LogP contribution in [0.25, 0.3) is 10.2 Å². The minimum atomic E-state index is -4.22. The van der Waals surface area contributed by atoms with Crippen LogP contribution in [-0.2, 0) is 48.3 Å². The first-order chi connectivity index (χ1) is 19.0. The standard InChI is InChI=1S/C24H26N4O9S3/c1-36-10-9-27-16-8-7-14(28(32)33)11-18(16)39-24(27)26-20(30)13-40(34,35)12-19(29)25-22-21(23(31)37-2)15-5-3-4-6-17(15)38-22/h7-8,11H,3-6,9-10,12-13H2,1-2H3,(H,25,29). The number of carbonyl (C=O) groups is 3. The quantitative estimate of drug-likeness (QED) is 0.205. The first kappa shape index (κ1) is 29.5. The lowest BCUT2D eigenvalue weighted by Gasteiger charge is -2.11. The van der Waals surface area contributed by atoms with E-state index in [1.54, 1.807) is 4.57 Å². The fourth-order valence-electron chi connectivity index (χ4n) is 4.37. The Hall–Kier alpha value is -3.47. The number of nitro groups is 1. The Morgan fingerprint density at radius 1 is 1.15 bits per heavy atom. The number of nitrogens with one attached hydrogen (secondary N) is 1. The third-order valence-corrected chi connectivity index (χ3v) is 9.76. The van der Waals surface area contributed by atoms with E-state index in [1.165, 1.54) is 43.8 Å². The van der Waals surface area contributed by atoms with Crippen LogP contribution in [0.3, 0.4) is 0 Å². The Labute approximate surface area is 236 Å². The van der Waals surface area contributed by atoms with Crippen LogP contribution in [0.4, 0.5) is 10.7 Å². The van der Waals surface area contributed by atoms with Gasteiger partial charge in [-0.25, -0.2) is 13.2 Å². The molecule has 2 aromatic heterocycles. The minimum Gasteiger partial charge on any atom is -0.465 e. The number of thiazole rings is 1. The number of amides is 2. The second-order valence-corrected chi connectivity index (χ2v) is 13.1. The molecule has 1 aliphatic rings. The average molecular weight is 611 g/mol. The maximum Gasteiger partial charge on any atom is 0.341 e. The lowest BCUT2D eigenvalue weighted by Crippen LogP contribution is -2.28. The highest BCUT2D eigenvalue weighted by Crippen LogP contribution is 2.38. The van der Waals surface area contributed by atoms with E-state index < -0.39 is 44.0 Å². The molecule has 40 heavy (non-hydrogen) atoms. The van der Waals surface area contributed by atoms with E-state index >= 15 is 0 Å². The van der Waals surface area contributed by atoms with Crippen LogP contribution in [0.1, 0.15) is 33.6 Å². The van der Waals surface area contributed by atoms with Gasteiger partial charge in [0.2, 0.25) is 5.91 Å². The van der Waals surface area contributed by atoms with E-state index in [1.807, 2.05) is 0 Å². The summed E-state index contributed by atoms with van der Waals surface area (Å²) in [5.41, 5.74) is 1.48. The van der Waals surface area contributed by atoms with Crippen molar-refractivity contribution < 1.29 is 37.2 Å². The fourth-order valence-corrected chi connectivity index (χ4v) is 7.79. The number of aromatic nitrogens is 1. The largest absolute Gasteiger partial charge is 0.465 e. The SMILES string of the molecule is COCCn1c(=NC(=O)CS(=O)(=O)CC(=O)Nc2sc3c(c2C(=O)OC)CCCC3)sc2cc([N+](=O)[O-])ccc21. The number of nitrogens with zero attached hydrogens (tertiary/aromatic N) is 3. The van der Waals surface area contributed by atoms with Gasteiger partial charge in [0.15, 0.2) is 14.6 Å². The van der Waals surface area contributed by atoms with Crippen molar-refractivity contribution in [3.05, 3.63) is 49.1 Å². The van der Waals surface area contributed by atoms with Gasteiger partial charge in [-0.15, -0.1) is 11.3 Å². The summed E-state index contributed by atoms with van der Waals surface area (Å²) in [7, 11) is -1.51. The zero-order valence-electron chi connectivity index (χ0n) is 21.6. The molecule has 4 rings (SSSR count). The number of non-ortho nitro benzene ring substituents is 1.